The van der Waals surface area contributed by atoms with Crippen LogP contribution in [0.1, 0.15) is 16.5 Å². The maximum absolute atomic E-state index is 13.1. The number of hydrogen-bond acceptors (Lipinski definition) is 1. The molecular weight excluding hydrogens is 267 g/mol. The van der Waals surface area contributed by atoms with Crippen LogP contribution >= 0.6 is 23.4 Å². The Morgan fingerprint density at radius 1 is 1.17 bits per heavy atom. The van der Waals surface area contributed by atoms with E-state index < -0.39 is 0 Å². The van der Waals surface area contributed by atoms with E-state index in [1.54, 1.807) is 17.8 Å². The van der Waals surface area contributed by atoms with E-state index in [9.17, 15) is 4.39 Å². The first-order valence-electron chi connectivity index (χ1n) is 5.71. The lowest BCUT2D eigenvalue weighted by molar-refractivity contribution is 0.625. The molecule has 0 aliphatic heterocycles. The average Bonchev–Trinajstić information content (AvgIpc) is 2.39. The Labute approximate surface area is 116 Å². The first-order valence-corrected chi connectivity index (χ1v) is 7.37. The standard InChI is InChI=1S/C15H14ClFS/c1-18-14-7-5-12(6-8-14)15(16)10-11-3-2-4-13(17)9-11/h2-9,15H,10H2,1H3. The summed E-state index contributed by atoms with van der Waals surface area (Å²) in [6.45, 7) is 0. The summed E-state index contributed by atoms with van der Waals surface area (Å²) < 4.78 is 13.1. The minimum Gasteiger partial charge on any atom is -0.207 e. The lowest BCUT2D eigenvalue weighted by atomic mass is 10.0. The molecule has 0 N–H and O–H groups in total. The van der Waals surface area contributed by atoms with E-state index in [1.165, 1.54) is 17.0 Å². The molecule has 0 nitrogen and oxygen atoms in total. The first kappa shape index (κ1) is 13.4. The smallest absolute Gasteiger partial charge is 0.123 e. The van der Waals surface area contributed by atoms with Gasteiger partial charge in [-0.25, -0.2) is 4.39 Å². The van der Waals surface area contributed by atoms with Crippen molar-refractivity contribution in [3.63, 3.8) is 0 Å². The minimum atomic E-state index is -0.214. The van der Waals surface area contributed by atoms with Crippen LogP contribution in [0.25, 0.3) is 0 Å². The number of halogens is 2. The molecule has 0 saturated carbocycles. The monoisotopic (exact) mass is 280 g/mol. The van der Waals surface area contributed by atoms with Crippen molar-refractivity contribution in [3.05, 3.63) is 65.5 Å². The third-order valence-corrected chi connectivity index (χ3v) is 3.93. The van der Waals surface area contributed by atoms with Gasteiger partial charge in [-0.05, 0) is 48.1 Å². The molecule has 0 bridgehead atoms. The van der Waals surface area contributed by atoms with Gasteiger partial charge in [-0.1, -0.05) is 24.3 Å². The number of thioether (sulfide) groups is 1. The second kappa shape index (κ2) is 6.26. The highest BCUT2D eigenvalue weighted by atomic mass is 35.5. The van der Waals surface area contributed by atoms with Gasteiger partial charge in [-0.2, -0.15) is 0 Å². The third-order valence-electron chi connectivity index (χ3n) is 2.78. The Hall–Kier alpha value is -0.990. The van der Waals surface area contributed by atoms with E-state index in [2.05, 4.69) is 12.1 Å². The summed E-state index contributed by atoms with van der Waals surface area (Å²) in [4.78, 5) is 1.22. The predicted octanol–water partition coefficient (Wildman–Crippen LogP) is 5.07. The molecule has 94 valence electrons. The molecular formula is C15H14ClFS. The molecule has 3 heteroatoms. The predicted molar refractivity (Wildman–Crippen MR) is 76.9 cm³/mol. The Balaban J connectivity index is 2.09. The molecule has 0 spiro atoms. The van der Waals surface area contributed by atoms with E-state index >= 15 is 0 Å². The van der Waals surface area contributed by atoms with Crippen molar-refractivity contribution in [3.8, 4) is 0 Å². The van der Waals surface area contributed by atoms with Crippen LogP contribution in [0.2, 0.25) is 0 Å². The van der Waals surface area contributed by atoms with Crippen LogP contribution in [-0.2, 0) is 6.42 Å². The highest BCUT2D eigenvalue weighted by Gasteiger charge is 2.09. The zero-order valence-electron chi connectivity index (χ0n) is 10.1. The van der Waals surface area contributed by atoms with Crippen LogP contribution in [0, 0.1) is 5.82 Å². The minimum absolute atomic E-state index is 0.122. The summed E-state index contributed by atoms with van der Waals surface area (Å²) in [5, 5.41) is -0.122. The van der Waals surface area contributed by atoms with Crippen molar-refractivity contribution in [1.29, 1.82) is 0 Å². The maximum atomic E-state index is 13.1. The van der Waals surface area contributed by atoms with Crippen molar-refractivity contribution in [1.82, 2.24) is 0 Å². The Morgan fingerprint density at radius 3 is 2.50 bits per heavy atom. The van der Waals surface area contributed by atoms with E-state index in [0.29, 0.717) is 6.42 Å². The Kier molecular flexibility index (Phi) is 4.67. The molecule has 2 aromatic rings. The molecule has 2 aromatic carbocycles. The fourth-order valence-corrected chi connectivity index (χ4v) is 2.53. The summed E-state index contributed by atoms with van der Waals surface area (Å²) in [5.74, 6) is -0.214. The summed E-state index contributed by atoms with van der Waals surface area (Å²) in [6, 6.07) is 14.8. The zero-order chi connectivity index (χ0) is 13.0. The molecule has 0 aliphatic carbocycles. The second-order valence-corrected chi connectivity index (χ2v) is 5.48. The van der Waals surface area contributed by atoms with Crippen molar-refractivity contribution in [2.75, 3.05) is 6.26 Å². The maximum Gasteiger partial charge on any atom is 0.123 e. The van der Waals surface area contributed by atoms with E-state index in [0.717, 1.165) is 11.1 Å². The molecule has 0 radical (unpaired) electrons. The zero-order valence-corrected chi connectivity index (χ0v) is 11.6. The normalized spacial score (nSPS) is 12.4. The summed E-state index contributed by atoms with van der Waals surface area (Å²) >= 11 is 8.06. The molecule has 1 atom stereocenters. The van der Waals surface area contributed by atoms with Crippen LogP contribution in [0.4, 0.5) is 4.39 Å². The van der Waals surface area contributed by atoms with Gasteiger partial charge in [-0.15, -0.1) is 23.4 Å². The van der Waals surface area contributed by atoms with Crippen LogP contribution < -0.4 is 0 Å². The van der Waals surface area contributed by atoms with Crippen molar-refractivity contribution >= 4 is 23.4 Å². The van der Waals surface area contributed by atoms with E-state index in [-0.39, 0.29) is 11.2 Å². The van der Waals surface area contributed by atoms with Crippen LogP contribution in [0.3, 0.4) is 0 Å². The largest absolute Gasteiger partial charge is 0.207 e. The summed E-state index contributed by atoms with van der Waals surface area (Å²) in [5.41, 5.74) is 1.99. The van der Waals surface area contributed by atoms with E-state index in [4.69, 9.17) is 11.6 Å². The van der Waals surface area contributed by atoms with Gasteiger partial charge in [0.05, 0.1) is 5.38 Å². The number of rotatable bonds is 4. The summed E-state index contributed by atoms with van der Waals surface area (Å²) in [7, 11) is 0. The van der Waals surface area contributed by atoms with Gasteiger partial charge in [0.2, 0.25) is 0 Å². The fourth-order valence-electron chi connectivity index (χ4n) is 1.80. The first-order chi connectivity index (χ1) is 8.69. The number of alkyl halides is 1. The SMILES string of the molecule is CSc1ccc(C(Cl)Cc2cccc(F)c2)cc1. The third kappa shape index (κ3) is 3.50. The van der Waals surface area contributed by atoms with Gasteiger partial charge in [0.1, 0.15) is 5.82 Å². The molecule has 0 fully saturated rings. The van der Waals surface area contributed by atoms with Gasteiger partial charge < -0.3 is 0 Å². The van der Waals surface area contributed by atoms with Crippen LogP contribution in [0.5, 0.6) is 0 Å². The number of hydrogen-bond donors (Lipinski definition) is 0. The highest BCUT2D eigenvalue weighted by molar-refractivity contribution is 7.98. The highest BCUT2D eigenvalue weighted by Crippen LogP contribution is 2.27. The topological polar surface area (TPSA) is 0 Å². The van der Waals surface area contributed by atoms with Gasteiger partial charge in [0.25, 0.3) is 0 Å². The van der Waals surface area contributed by atoms with Crippen LogP contribution in [-0.4, -0.2) is 6.26 Å². The second-order valence-electron chi connectivity index (χ2n) is 4.07. The van der Waals surface area contributed by atoms with Gasteiger partial charge >= 0.3 is 0 Å². The van der Waals surface area contributed by atoms with Crippen molar-refractivity contribution < 1.29 is 4.39 Å². The van der Waals surface area contributed by atoms with Crippen molar-refractivity contribution in [2.24, 2.45) is 0 Å². The molecule has 0 aliphatic rings. The lowest BCUT2D eigenvalue weighted by Gasteiger charge is -2.10. The van der Waals surface area contributed by atoms with E-state index in [1.807, 2.05) is 24.5 Å². The summed E-state index contributed by atoms with van der Waals surface area (Å²) in [6.07, 6.45) is 2.68. The van der Waals surface area contributed by atoms with Gasteiger partial charge in [0, 0.05) is 4.90 Å². The van der Waals surface area contributed by atoms with Gasteiger partial charge in [0.15, 0.2) is 0 Å². The molecule has 18 heavy (non-hydrogen) atoms. The fraction of sp³-hybridized carbons (Fsp3) is 0.200. The van der Waals surface area contributed by atoms with Crippen molar-refractivity contribution in [2.45, 2.75) is 16.7 Å². The molecule has 0 saturated heterocycles. The molecule has 0 heterocycles. The lowest BCUT2D eigenvalue weighted by Crippen LogP contribution is -1.96. The molecule has 0 amide bonds. The Morgan fingerprint density at radius 2 is 1.89 bits per heavy atom. The van der Waals surface area contributed by atoms with Gasteiger partial charge in [-0.3, -0.25) is 0 Å². The average molecular weight is 281 g/mol. The number of benzene rings is 2. The Bertz CT molecular complexity index is 510. The molecule has 2 rings (SSSR count). The molecule has 0 aromatic heterocycles. The molecule has 1 unspecified atom stereocenters. The quantitative estimate of drug-likeness (QED) is 0.556. The van der Waals surface area contributed by atoms with Crippen LogP contribution in [0.15, 0.2) is 53.4 Å².